The van der Waals surface area contributed by atoms with E-state index in [-0.39, 0.29) is 16.1 Å². The number of carbonyl (C=O) groups is 1. The summed E-state index contributed by atoms with van der Waals surface area (Å²) in [6, 6.07) is 1.85. The molecule has 0 aliphatic carbocycles. The van der Waals surface area contributed by atoms with Gasteiger partial charge in [0, 0.05) is 29.3 Å². The molecule has 1 aromatic rings. The van der Waals surface area contributed by atoms with Crippen molar-refractivity contribution in [1.82, 2.24) is 5.16 Å². The van der Waals surface area contributed by atoms with Gasteiger partial charge < -0.3 is 4.52 Å². The largest absolute Gasteiger partial charge is 0.338 e. The van der Waals surface area contributed by atoms with E-state index >= 15 is 0 Å². The van der Waals surface area contributed by atoms with Crippen molar-refractivity contribution in [1.29, 1.82) is 0 Å². The Morgan fingerprint density at radius 3 is 2.69 bits per heavy atom. The van der Waals surface area contributed by atoms with Crippen molar-refractivity contribution in [3.05, 3.63) is 11.8 Å². The number of hydrogen-bond donors (Lipinski definition) is 0. The number of carbonyl (C=O) groups excluding carboxylic acids is 1. The minimum atomic E-state index is -0.0572. The van der Waals surface area contributed by atoms with Crippen LogP contribution in [0.4, 0.5) is 5.88 Å². The molecular weight excluding hydrogens is 272 g/mol. The van der Waals surface area contributed by atoms with E-state index in [1.807, 2.05) is 6.07 Å². The molecule has 1 amide bonds. The molecule has 1 fully saturated rings. The van der Waals surface area contributed by atoms with E-state index in [2.05, 4.69) is 41.9 Å². The second-order valence-electron chi connectivity index (χ2n) is 5.11. The van der Waals surface area contributed by atoms with Gasteiger partial charge in [0.1, 0.15) is 0 Å². The van der Waals surface area contributed by atoms with Gasteiger partial charge in [0.2, 0.25) is 11.8 Å². The quantitative estimate of drug-likeness (QED) is 0.745. The molecule has 1 atom stereocenters. The molecule has 4 nitrogen and oxygen atoms in total. The molecule has 1 saturated heterocycles. The summed E-state index contributed by atoms with van der Waals surface area (Å²) in [5.74, 6) is 0.635. The first kappa shape index (κ1) is 11.6. The Kier molecular flexibility index (Phi) is 2.82. The first-order valence-electron chi connectivity index (χ1n) is 5.29. The Morgan fingerprint density at radius 1 is 1.56 bits per heavy atom. The van der Waals surface area contributed by atoms with Crippen LogP contribution in [0.25, 0.3) is 0 Å². The summed E-state index contributed by atoms with van der Waals surface area (Å²) in [6.07, 6.45) is 0.519. The van der Waals surface area contributed by atoms with Gasteiger partial charge in [-0.25, -0.2) is 0 Å². The number of nitrogens with zero attached hydrogens (tertiary/aromatic N) is 2. The summed E-state index contributed by atoms with van der Waals surface area (Å²) >= 11 is 3.44. The van der Waals surface area contributed by atoms with Crippen molar-refractivity contribution < 1.29 is 9.32 Å². The molecule has 1 unspecified atom stereocenters. The molecule has 0 N–H and O–H groups in total. The number of alkyl halides is 1. The van der Waals surface area contributed by atoms with Crippen molar-refractivity contribution in [3.63, 3.8) is 0 Å². The van der Waals surface area contributed by atoms with Crippen molar-refractivity contribution in [3.8, 4) is 0 Å². The number of aromatic nitrogens is 1. The van der Waals surface area contributed by atoms with Crippen LogP contribution in [0.3, 0.4) is 0 Å². The van der Waals surface area contributed by atoms with Gasteiger partial charge in [0.25, 0.3) is 0 Å². The minimum absolute atomic E-state index is 0.0572. The van der Waals surface area contributed by atoms with E-state index in [9.17, 15) is 4.79 Å². The summed E-state index contributed by atoms with van der Waals surface area (Å²) in [5, 5.41) is 4.01. The van der Waals surface area contributed by atoms with Crippen LogP contribution in [0.1, 0.15) is 32.9 Å². The van der Waals surface area contributed by atoms with Crippen LogP contribution in [0, 0.1) is 0 Å². The lowest BCUT2D eigenvalue weighted by Gasteiger charge is -2.13. The first-order valence-corrected chi connectivity index (χ1v) is 6.21. The monoisotopic (exact) mass is 286 g/mol. The smallest absolute Gasteiger partial charge is 0.234 e. The zero-order valence-corrected chi connectivity index (χ0v) is 11.2. The van der Waals surface area contributed by atoms with Crippen LogP contribution in [0.15, 0.2) is 10.6 Å². The molecule has 2 rings (SSSR count). The average Bonchev–Trinajstić information content (AvgIpc) is 2.70. The van der Waals surface area contributed by atoms with Gasteiger partial charge in [0.15, 0.2) is 0 Å². The lowest BCUT2D eigenvalue weighted by atomic mass is 9.92. The van der Waals surface area contributed by atoms with E-state index in [4.69, 9.17) is 4.52 Å². The summed E-state index contributed by atoms with van der Waals surface area (Å²) < 4.78 is 5.23. The van der Waals surface area contributed by atoms with Crippen LogP contribution in [0.2, 0.25) is 0 Å². The Hall–Kier alpha value is -0.840. The molecule has 1 aromatic heterocycles. The SMILES string of the molecule is CC(C)(C)c1cc(N2CC(Br)CC2=O)on1. The Morgan fingerprint density at radius 2 is 2.25 bits per heavy atom. The van der Waals surface area contributed by atoms with Gasteiger partial charge in [-0.2, -0.15) is 0 Å². The molecule has 2 heterocycles. The third-order valence-electron chi connectivity index (χ3n) is 2.61. The topological polar surface area (TPSA) is 46.3 Å². The summed E-state index contributed by atoms with van der Waals surface area (Å²) in [4.78, 5) is 13.5. The third kappa shape index (κ3) is 2.14. The van der Waals surface area contributed by atoms with E-state index < -0.39 is 0 Å². The van der Waals surface area contributed by atoms with Gasteiger partial charge in [-0.3, -0.25) is 9.69 Å². The lowest BCUT2D eigenvalue weighted by Crippen LogP contribution is -2.24. The highest BCUT2D eigenvalue weighted by Crippen LogP contribution is 2.29. The lowest BCUT2D eigenvalue weighted by molar-refractivity contribution is -0.117. The summed E-state index contributed by atoms with van der Waals surface area (Å²) in [5.41, 5.74) is 0.812. The van der Waals surface area contributed by atoms with Crippen LogP contribution < -0.4 is 4.90 Å². The summed E-state index contributed by atoms with van der Waals surface area (Å²) in [7, 11) is 0. The van der Waals surface area contributed by atoms with Crippen LogP contribution in [0.5, 0.6) is 0 Å². The van der Waals surface area contributed by atoms with Gasteiger partial charge in [-0.1, -0.05) is 41.9 Å². The van der Waals surface area contributed by atoms with Crippen molar-refractivity contribution in [2.75, 3.05) is 11.4 Å². The fourth-order valence-electron chi connectivity index (χ4n) is 1.62. The maximum absolute atomic E-state index is 11.7. The number of anilines is 1. The molecule has 5 heteroatoms. The molecule has 0 aromatic carbocycles. The van der Waals surface area contributed by atoms with Crippen LogP contribution >= 0.6 is 15.9 Å². The van der Waals surface area contributed by atoms with Crippen LogP contribution in [-0.4, -0.2) is 22.4 Å². The van der Waals surface area contributed by atoms with Crippen molar-refractivity contribution in [2.45, 2.75) is 37.4 Å². The second-order valence-corrected chi connectivity index (χ2v) is 6.40. The predicted molar refractivity (Wildman–Crippen MR) is 64.9 cm³/mol. The van der Waals surface area contributed by atoms with Crippen LogP contribution in [-0.2, 0) is 10.2 Å². The molecule has 0 spiro atoms. The van der Waals surface area contributed by atoms with Crippen molar-refractivity contribution in [2.24, 2.45) is 0 Å². The molecule has 0 bridgehead atoms. The van der Waals surface area contributed by atoms with Gasteiger partial charge in [-0.05, 0) is 0 Å². The van der Waals surface area contributed by atoms with E-state index in [0.29, 0.717) is 18.8 Å². The Balaban J connectivity index is 2.23. The van der Waals surface area contributed by atoms with Crippen molar-refractivity contribution >= 4 is 27.7 Å². The predicted octanol–water partition coefficient (Wildman–Crippen LogP) is 2.47. The maximum Gasteiger partial charge on any atom is 0.234 e. The minimum Gasteiger partial charge on any atom is -0.338 e. The molecule has 0 radical (unpaired) electrons. The van der Waals surface area contributed by atoms with E-state index in [0.717, 1.165) is 5.69 Å². The fraction of sp³-hybridized carbons (Fsp3) is 0.636. The molecular formula is C11H15BrN2O2. The zero-order valence-electron chi connectivity index (χ0n) is 9.66. The van der Waals surface area contributed by atoms with E-state index in [1.165, 1.54) is 0 Å². The molecule has 16 heavy (non-hydrogen) atoms. The highest BCUT2D eigenvalue weighted by molar-refractivity contribution is 9.09. The number of amides is 1. The average molecular weight is 287 g/mol. The molecule has 1 aliphatic heterocycles. The Labute approximate surface area is 103 Å². The summed E-state index contributed by atoms with van der Waals surface area (Å²) in [6.45, 7) is 6.84. The maximum atomic E-state index is 11.7. The molecule has 0 saturated carbocycles. The van der Waals surface area contributed by atoms with E-state index in [1.54, 1.807) is 4.90 Å². The normalized spacial score (nSPS) is 21.9. The molecule has 88 valence electrons. The van der Waals surface area contributed by atoms with Gasteiger partial charge >= 0.3 is 0 Å². The fourth-order valence-corrected chi connectivity index (χ4v) is 2.19. The zero-order chi connectivity index (χ0) is 11.9. The number of rotatable bonds is 1. The third-order valence-corrected chi connectivity index (χ3v) is 3.22. The standard InChI is InChI=1S/C11H15BrN2O2/c1-11(2,3)8-5-10(16-13-8)14-6-7(12)4-9(14)15/h5,7H,4,6H2,1-3H3. The highest BCUT2D eigenvalue weighted by atomic mass is 79.9. The highest BCUT2D eigenvalue weighted by Gasteiger charge is 2.32. The Bertz CT molecular complexity index is 408. The first-order chi connectivity index (χ1) is 7.38. The van der Waals surface area contributed by atoms with Gasteiger partial charge in [-0.15, -0.1) is 0 Å². The molecule has 1 aliphatic rings. The second kappa shape index (κ2) is 3.87. The number of hydrogen-bond acceptors (Lipinski definition) is 3. The number of halogens is 1. The van der Waals surface area contributed by atoms with Gasteiger partial charge in [0.05, 0.1) is 5.69 Å².